The maximum atomic E-state index is 11.3. The molecule has 4 nitrogen and oxygen atoms in total. The molecule has 1 N–H and O–H groups in total. The largest absolute Gasteiger partial charge is 0.478 e. The van der Waals surface area contributed by atoms with Gasteiger partial charge in [0.2, 0.25) is 0 Å². The number of hydrogen-bond donors (Lipinski definition) is 1. The zero-order chi connectivity index (χ0) is 11.8. The van der Waals surface area contributed by atoms with E-state index in [9.17, 15) is 9.59 Å². The van der Waals surface area contributed by atoms with Gasteiger partial charge >= 0.3 is 11.9 Å². The summed E-state index contributed by atoms with van der Waals surface area (Å²) in [6.45, 7) is 7.14. The molecule has 0 atom stereocenters. The number of esters is 1. The molecule has 0 aromatic heterocycles. The second-order valence-corrected chi connectivity index (χ2v) is 3.15. The van der Waals surface area contributed by atoms with E-state index in [-0.39, 0.29) is 11.1 Å². The van der Waals surface area contributed by atoms with Gasteiger partial charge in [-0.3, -0.25) is 0 Å². The van der Waals surface area contributed by atoms with Gasteiger partial charge in [0.25, 0.3) is 0 Å². The molecule has 0 aromatic rings. The molecule has 0 amide bonds. The summed E-state index contributed by atoms with van der Waals surface area (Å²) in [5.74, 6) is -1.64. The molecule has 0 aliphatic rings. The van der Waals surface area contributed by atoms with Gasteiger partial charge in [-0.05, 0) is 19.4 Å². The Balaban J connectivity index is 4.19. The lowest BCUT2D eigenvalue weighted by Crippen LogP contribution is -2.08. The monoisotopic (exact) mass is 212 g/mol. The maximum absolute atomic E-state index is 11.3. The average Bonchev–Trinajstić information content (AvgIpc) is 2.17. The van der Waals surface area contributed by atoms with Crippen LogP contribution in [0.1, 0.15) is 26.7 Å². The number of rotatable bonds is 6. The lowest BCUT2D eigenvalue weighted by atomic mass is 10.2. The Labute approximate surface area is 89.2 Å². The number of ether oxygens (including phenoxy) is 1. The number of carboxylic acids is 1. The van der Waals surface area contributed by atoms with Crippen molar-refractivity contribution in [3.05, 3.63) is 23.8 Å². The molecule has 0 aliphatic carbocycles. The zero-order valence-corrected chi connectivity index (χ0v) is 9.08. The first-order valence-electron chi connectivity index (χ1n) is 4.76. The summed E-state index contributed by atoms with van der Waals surface area (Å²) >= 11 is 0. The molecule has 0 rings (SSSR count). The number of carbonyl (C=O) groups excluding carboxylic acids is 1. The minimum Gasteiger partial charge on any atom is -0.478 e. The molecule has 0 spiro atoms. The van der Waals surface area contributed by atoms with Gasteiger partial charge < -0.3 is 9.84 Å². The highest BCUT2D eigenvalue weighted by Gasteiger charge is 2.08. The molecule has 0 saturated heterocycles. The zero-order valence-electron chi connectivity index (χ0n) is 9.08. The van der Waals surface area contributed by atoms with E-state index in [0.29, 0.717) is 6.61 Å². The molecule has 0 saturated carbocycles. The highest BCUT2D eigenvalue weighted by atomic mass is 16.5. The molecule has 0 bridgehead atoms. The van der Waals surface area contributed by atoms with E-state index in [2.05, 4.69) is 6.58 Å². The Morgan fingerprint density at radius 2 is 2.07 bits per heavy atom. The van der Waals surface area contributed by atoms with Crippen LogP contribution in [0.25, 0.3) is 0 Å². The molecule has 0 radical (unpaired) electrons. The third-order valence-corrected chi connectivity index (χ3v) is 1.72. The third kappa shape index (κ3) is 5.67. The first-order chi connectivity index (χ1) is 6.99. The Kier molecular flexibility index (Phi) is 6.09. The van der Waals surface area contributed by atoms with Gasteiger partial charge in [-0.1, -0.05) is 19.9 Å². The van der Waals surface area contributed by atoms with Crippen LogP contribution < -0.4 is 0 Å². The predicted octanol–water partition coefficient (Wildman–Crippen LogP) is 1.92. The summed E-state index contributed by atoms with van der Waals surface area (Å²) in [6.07, 6.45) is 2.95. The summed E-state index contributed by atoms with van der Waals surface area (Å²) < 4.78 is 4.88. The minimum atomic E-state index is -1.14. The molecular formula is C11H16O4. The van der Waals surface area contributed by atoms with Crippen LogP contribution in [0.3, 0.4) is 0 Å². The number of aliphatic carboxylic acids is 1. The van der Waals surface area contributed by atoms with Crippen LogP contribution in [0, 0.1) is 0 Å². The quantitative estimate of drug-likeness (QED) is 0.316. The van der Waals surface area contributed by atoms with Gasteiger partial charge in [0.1, 0.15) is 0 Å². The Hall–Kier alpha value is -1.58. The smallest absolute Gasteiger partial charge is 0.335 e. The van der Waals surface area contributed by atoms with Crippen molar-refractivity contribution in [2.75, 3.05) is 6.61 Å². The van der Waals surface area contributed by atoms with Crippen LogP contribution in [0.2, 0.25) is 0 Å². The van der Waals surface area contributed by atoms with E-state index < -0.39 is 11.9 Å². The molecule has 0 unspecified atom stereocenters. The van der Waals surface area contributed by atoms with E-state index in [4.69, 9.17) is 9.84 Å². The number of hydrogen-bond acceptors (Lipinski definition) is 3. The van der Waals surface area contributed by atoms with Gasteiger partial charge in [0.05, 0.1) is 12.2 Å². The fraction of sp³-hybridized carbons (Fsp3) is 0.455. The fourth-order valence-electron chi connectivity index (χ4n) is 0.805. The second kappa shape index (κ2) is 6.81. The first kappa shape index (κ1) is 13.4. The molecular weight excluding hydrogens is 196 g/mol. The van der Waals surface area contributed by atoms with Crippen molar-refractivity contribution in [2.24, 2.45) is 0 Å². The molecule has 0 aromatic carbocycles. The number of carbonyl (C=O) groups is 2. The Morgan fingerprint density at radius 3 is 2.53 bits per heavy atom. The molecule has 0 heterocycles. The summed E-state index contributed by atoms with van der Waals surface area (Å²) in [4.78, 5) is 21.7. The van der Waals surface area contributed by atoms with Crippen molar-refractivity contribution in [1.82, 2.24) is 0 Å². The molecule has 0 aliphatic heterocycles. The van der Waals surface area contributed by atoms with Crippen molar-refractivity contribution in [3.63, 3.8) is 0 Å². The van der Waals surface area contributed by atoms with Gasteiger partial charge in [-0.15, -0.1) is 0 Å². The van der Waals surface area contributed by atoms with Crippen LogP contribution >= 0.6 is 0 Å². The molecule has 15 heavy (non-hydrogen) atoms. The van der Waals surface area contributed by atoms with E-state index in [1.165, 1.54) is 13.0 Å². The first-order valence-corrected chi connectivity index (χ1v) is 4.76. The summed E-state index contributed by atoms with van der Waals surface area (Å²) in [5.41, 5.74) is 0.124. The normalized spacial score (nSPS) is 10.9. The highest BCUT2D eigenvalue weighted by molar-refractivity contribution is 5.94. The van der Waals surface area contributed by atoms with Crippen molar-refractivity contribution in [2.45, 2.75) is 26.7 Å². The topological polar surface area (TPSA) is 63.6 Å². The fourth-order valence-corrected chi connectivity index (χ4v) is 0.805. The van der Waals surface area contributed by atoms with Crippen LogP contribution in [-0.4, -0.2) is 23.7 Å². The molecule has 4 heteroatoms. The summed E-state index contributed by atoms with van der Waals surface area (Å²) in [6, 6.07) is 0. The van der Waals surface area contributed by atoms with Crippen LogP contribution in [0.5, 0.6) is 0 Å². The third-order valence-electron chi connectivity index (χ3n) is 1.72. The summed E-state index contributed by atoms with van der Waals surface area (Å²) in [7, 11) is 0. The van der Waals surface area contributed by atoms with Gasteiger partial charge in [0, 0.05) is 5.57 Å². The van der Waals surface area contributed by atoms with Crippen molar-refractivity contribution in [1.29, 1.82) is 0 Å². The molecule has 0 fully saturated rings. The predicted molar refractivity (Wildman–Crippen MR) is 56.4 cm³/mol. The average molecular weight is 212 g/mol. The summed E-state index contributed by atoms with van der Waals surface area (Å²) in [5, 5.41) is 8.53. The van der Waals surface area contributed by atoms with Crippen LogP contribution in [0.15, 0.2) is 23.8 Å². The Bertz CT molecular complexity index is 289. The van der Waals surface area contributed by atoms with Crippen molar-refractivity contribution >= 4 is 11.9 Å². The van der Waals surface area contributed by atoms with E-state index in [1.807, 2.05) is 6.92 Å². The van der Waals surface area contributed by atoms with Crippen LogP contribution in [0.4, 0.5) is 0 Å². The minimum absolute atomic E-state index is 0.125. The molecule has 84 valence electrons. The van der Waals surface area contributed by atoms with E-state index in [1.54, 1.807) is 0 Å². The van der Waals surface area contributed by atoms with E-state index in [0.717, 1.165) is 12.8 Å². The SMILES string of the molecule is C=C(C=C(C)C(=O)OCCCC)C(=O)O. The number of carboxylic acid groups (broad SMARTS) is 1. The standard InChI is InChI=1S/C11H16O4/c1-4-5-6-15-11(14)9(3)7-8(2)10(12)13/h7H,2,4-6H2,1,3H3,(H,12,13). The van der Waals surface area contributed by atoms with Crippen LogP contribution in [-0.2, 0) is 14.3 Å². The van der Waals surface area contributed by atoms with Gasteiger partial charge in [-0.25, -0.2) is 9.59 Å². The highest BCUT2D eigenvalue weighted by Crippen LogP contribution is 2.03. The lowest BCUT2D eigenvalue weighted by molar-refractivity contribution is -0.139. The second-order valence-electron chi connectivity index (χ2n) is 3.15. The lowest BCUT2D eigenvalue weighted by Gasteiger charge is -2.03. The maximum Gasteiger partial charge on any atom is 0.335 e. The van der Waals surface area contributed by atoms with Crippen molar-refractivity contribution in [3.8, 4) is 0 Å². The van der Waals surface area contributed by atoms with E-state index >= 15 is 0 Å². The number of unbranched alkanes of at least 4 members (excludes halogenated alkanes) is 1. The van der Waals surface area contributed by atoms with Gasteiger partial charge in [-0.2, -0.15) is 0 Å². The van der Waals surface area contributed by atoms with Gasteiger partial charge in [0.15, 0.2) is 0 Å². The van der Waals surface area contributed by atoms with Crippen molar-refractivity contribution < 1.29 is 19.4 Å². The Morgan fingerprint density at radius 1 is 1.47 bits per heavy atom.